The van der Waals surface area contributed by atoms with Gasteiger partial charge in [0.05, 0.1) is 0 Å². The van der Waals surface area contributed by atoms with Crippen molar-refractivity contribution >= 4 is 5.71 Å². The number of hydrogen-bond acceptors (Lipinski definition) is 6. The third-order valence-electron chi connectivity index (χ3n) is 4.30. The molecule has 6 heteroatoms. The first-order chi connectivity index (χ1) is 10.8. The Bertz CT molecular complexity index is 491. The zero-order chi connectivity index (χ0) is 17.5. The van der Waals surface area contributed by atoms with Gasteiger partial charge in [-0.1, -0.05) is 20.1 Å². The van der Waals surface area contributed by atoms with E-state index in [0.29, 0.717) is 17.1 Å². The second-order valence-electron chi connectivity index (χ2n) is 6.02. The fraction of sp³-hybridized carbons (Fsp3) is 0.588. The van der Waals surface area contributed by atoms with Crippen molar-refractivity contribution in [1.82, 2.24) is 10.6 Å². The lowest BCUT2D eigenvalue weighted by molar-refractivity contribution is 0.0521. The minimum atomic E-state index is -1.02. The molecule has 1 saturated heterocycles. The van der Waals surface area contributed by atoms with Gasteiger partial charge in [-0.25, -0.2) is 4.99 Å². The molecule has 1 aliphatic heterocycles. The van der Waals surface area contributed by atoms with Crippen molar-refractivity contribution < 1.29 is 9.84 Å². The van der Waals surface area contributed by atoms with E-state index in [4.69, 9.17) is 10.5 Å². The second kappa shape index (κ2) is 8.86. The van der Waals surface area contributed by atoms with E-state index in [1.54, 1.807) is 0 Å². The van der Waals surface area contributed by atoms with Gasteiger partial charge in [0.2, 0.25) is 6.35 Å². The van der Waals surface area contributed by atoms with Crippen LogP contribution in [0.2, 0.25) is 0 Å². The van der Waals surface area contributed by atoms with Crippen molar-refractivity contribution in [2.75, 3.05) is 19.8 Å². The largest absolute Gasteiger partial charge is 0.381 e. The molecule has 0 aromatic carbocycles. The first kappa shape index (κ1) is 19.4. The number of nitrogens with two attached hydrogens (primary N) is 1. The van der Waals surface area contributed by atoms with Gasteiger partial charge in [-0.2, -0.15) is 0 Å². The summed E-state index contributed by atoms with van der Waals surface area (Å²) < 4.78 is 5.42. The van der Waals surface area contributed by atoms with Crippen LogP contribution in [0.25, 0.3) is 0 Å². The average molecular weight is 322 g/mol. The first-order valence-corrected chi connectivity index (χ1v) is 7.90. The molecule has 0 spiro atoms. The molecule has 23 heavy (non-hydrogen) atoms. The molecular weight excluding hydrogens is 292 g/mol. The summed E-state index contributed by atoms with van der Waals surface area (Å²) in [5.41, 5.74) is 7.69. The standard InChI is InChI=1S/C17H30N4O2/c1-6-15(21-16(22)19-13(3)12(2)11-18)20-14(4)17(5)7-9-23-10-8-17/h6,16,19,21-22H,2-3,7-11,18H2,1,4-5H3/b15-6+,20-14?. The summed E-state index contributed by atoms with van der Waals surface area (Å²) in [7, 11) is 0. The smallest absolute Gasteiger partial charge is 0.203 e. The van der Waals surface area contributed by atoms with Gasteiger partial charge in [0.25, 0.3) is 0 Å². The van der Waals surface area contributed by atoms with Crippen LogP contribution in [0.15, 0.2) is 41.3 Å². The number of ether oxygens (including phenoxy) is 1. The predicted molar refractivity (Wildman–Crippen MR) is 94.6 cm³/mol. The van der Waals surface area contributed by atoms with Gasteiger partial charge in [-0.15, -0.1) is 0 Å². The molecule has 0 amide bonds. The van der Waals surface area contributed by atoms with E-state index >= 15 is 0 Å². The number of nitrogens with zero attached hydrogens (tertiary/aromatic N) is 1. The van der Waals surface area contributed by atoms with Gasteiger partial charge >= 0.3 is 0 Å². The molecule has 5 N–H and O–H groups in total. The highest BCUT2D eigenvalue weighted by Crippen LogP contribution is 2.31. The summed E-state index contributed by atoms with van der Waals surface area (Å²) in [6.45, 7) is 15.4. The lowest BCUT2D eigenvalue weighted by atomic mass is 9.78. The molecule has 1 unspecified atom stereocenters. The predicted octanol–water partition coefficient (Wildman–Crippen LogP) is 1.61. The number of rotatable bonds is 8. The van der Waals surface area contributed by atoms with Gasteiger partial charge in [0.1, 0.15) is 5.82 Å². The number of aliphatic hydroxyl groups excluding tert-OH is 1. The van der Waals surface area contributed by atoms with E-state index in [1.165, 1.54) is 0 Å². The number of aliphatic imine (C=N–C) groups is 1. The molecule has 1 heterocycles. The molecule has 1 rings (SSSR count). The zero-order valence-electron chi connectivity index (χ0n) is 14.5. The van der Waals surface area contributed by atoms with Crippen molar-refractivity contribution in [2.24, 2.45) is 16.1 Å². The molecule has 0 radical (unpaired) electrons. The Morgan fingerprint density at radius 1 is 1.39 bits per heavy atom. The van der Waals surface area contributed by atoms with Gasteiger partial charge in [0, 0.05) is 36.6 Å². The van der Waals surface area contributed by atoms with E-state index in [1.807, 2.05) is 19.9 Å². The highest BCUT2D eigenvalue weighted by Gasteiger charge is 2.30. The van der Waals surface area contributed by atoms with Crippen LogP contribution >= 0.6 is 0 Å². The molecule has 6 nitrogen and oxygen atoms in total. The molecule has 1 atom stereocenters. The van der Waals surface area contributed by atoms with E-state index in [-0.39, 0.29) is 12.0 Å². The van der Waals surface area contributed by atoms with Crippen molar-refractivity contribution in [3.8, 4) is 0 Å². The van der Waals surface area contributed by atoms with Crippen LogP contribution in [-0.2, 0) is 4.74 Å². The molecule has 0 aromatic rings. The number of nitrogens with one attached hydrogen (secondary N) is 2. The monoisotopic (exact) mass is 322 g/mol. The molecule has 0 aliphatic carbocycles. The van der Waals surface area contributed by atoms with Gasteiger partial charge < -0.3 is 26.2 Å². The van der Waals surface area contributed by atoms with E-state index in [2.05, 4.69) is 35.7 Å². The van der Waals surface area contributed by atoms with Crippen LogP contribution in [0.1, 0.15) is 33.6 Å². The van der Waals surface area contributed by atoms with Crippen LogP contribution in [0.4, 0.5) is 0 Å². The Hall–Kier alpha value is -1.63. The first-order valence-electron chi connectivity index (χ1n) is 7.90. The lowest BCUT2D eigenvalue weighted by Crippen LogP contribution is -2.41. The maximum atomic E-state index is 10.1. The van der Waals surface area contributed by atoms with Gasteiger partial charge in [-0.3, -0.25) is 0 Å². The molecule has 0 aromatic heterocycles. The topological polar surface area (TPSA) is 91.9 Å². The number of hydrogen-bond donors (Lipinski definition) is 4. The van der Waals surface area contributed by atoms with Crippen molar-refractivity contribution in [2.45, 2.75) is 40.0 Å². The van der Waals surface area contributed by atoms with E-state index in [0.717, 1.165) is 31.8 Å². The third kappa shape index (κ3) is 5.82. The Kier molecular flexibility index (Phi) is 7.48. The SMILES string of the molecule is C=C(CN)C(=C)NC(O)N/C(=C/C)N=C(C)C1(C)CCOCC1. The summed E-state index contributed by atoms with van der Waals surface area (Å²) in [5, 5.41) is 15.8. The summed E-state index contributed by atoms with van der Waals surface area (Å²) in [5.74, 6) is 0.598. The molecule has 0 bridgehead atoms. The maximum Gasteiger partial charge on any atom is 0.203 e. The minimum absolute atomic E-state index is 0.0317. The lowest BCUT2D eigenvalue weighted by Gasteiger charge is -2.33. The molecule has 1 aliphatic rings. The Morgan fingerprint density at radius 3 is 2.52 bits per heavy atom. The van der Waals surface area contributed by atoms with Crippen molar-refractivity contribution in [3.05, 3.63) is 36.3 Å². The summed E-state index contributed by atoms with van der Waals surface area (Å²) in [6.07, 6.45) is 2.70. The fourth-order valence-electron chi connectivity index (χ4n) is 2.25. The van der Waals surface area contributed by atoms with Gasteiger partial charge in [0.15, 0.2) is 0 Å². The second-order valence-corrected chi connectivity index (χ2v) is 6.02. The Morgan fingerprint density at radius 2 is 2.00 bits per heavy atom. The van der Waals surface area contributed by atoms with Crippen LogP contribution in [0.5, 0.6) is 0 Å². The normalized spacial score (nSPS) is 19.9. The summed E-state index contributed by atoms with van der Waals surface area (Å²) >= 11 is 0. The summed E-state index contributed by atoms with van der Waals surface area (Å²) in [6, 6.07) is 0. The summed E-state index contributed by atoms with van der Waals surface area (Å²) in [4.78, 5) is 4.64. The minimum Gasteiger partial charge on any atom is -0.381 e. The maximum absolute atomic E-state index is 10.1. The van der Waals surface area contributed by atoms with Crippen molar-refractivity contribution in [3.63, 3.8) is 0 Å². The van der Waals surface area contributed by atoms with E-state index in [9.17, 15) is 5.11 Å². The zero-order valence-corrected chi connectivity index (χ0v) is 14.5. The highest BCUT2D eigenvalue weighted by atomic mass is 16.5. The Balaban J connectivity index is 2.68. The average Bonchev–Trinajstić information content (AvgIpc) is 2.53. The van der Waals surface area contributed by atoms with Crippen LogP contribution < -0.4 is 16.4 Å². The van der Waals surface area contributed by atoms with Gasteiger partial charge in [-0.05, 0) is 38.3 Å². The molecular formula is C17H30N4O2. The fourth-order valence-corrected chi connectivity index (χ4v) is 2.25. The highest BCUT2D eigenvalue weighted by molar-refractivity contribution is 5.88. The molecule has 1 fully saturated rings. The van der Waals surface area contributed by atoms with Crippen LogP contribution in [0.3, 0.4) is 0 Å². The molecule has 0 saturated carbocycles. The number of aliphatic hydroxyl groups is 1. The third-order valence-corrected chi connectivity index (χ3v) is 4.30. The number of allylic oxidation sites excluding steroid dienone is 1. The van der Waals surface area contributed by atoms with Crippen molar-refractivity contribution in [1.29, 1.82) is 0 Å². The van der Waals surface area contributed by atoms with Crippen LogP contribution in [-0.4, -0.2) is 36.9 Å². The molecule has 130 valence electrons. The Labute approximate surface area is 139 Å². The van der Waals surface area contributed by atoms with Crippen LogP contribution in [0, 0.1) is 5.41 Å². The van der Waals surface area contributed by atoms with E-state index < -0.39 is 6.35 Å². The quantitative estimate of drug-likeness (QED) is 0.310.